The maximum atomic E-state index is 10.7. The van der Waals surface area contributed by atoms with Crippen LogP contribution in [-0.2, 0) is 19.5 Å². The molecule has 7 nitrogen and oxygen atoms in total. The Morgan fingerprint density at radius 1 is 1.24 bits per heavy atom. The van der Waals surface area contributed by atoms with Gasteiger partial charge in [-0.2, -0.15) is 0 Å². The van der Waals surface area contributed by atoms with Crippen LogP contribution in [0.15, 0.2) is 73.2 Å². The van der Waals surface area contributed by atoms with Gasteiger partial charge < -0.3 is 25.8 Å². The number of ether oxygens (including phenoxy) is 1. The van der Waals surface area contributed by atoms with Gasteiger partial charge in [0.1, 0.15) is 0 Å². The number of pyridine rings is 1. The quantitative estimate of drug-likeness (QED) is 0.359. The Morgan fingerprint density at radius 2 is 2.06 bits per heavy atom. The summed E-state index contributed by atoms with van der Waals surface area (Å²) >= 11 is 0. The molecule has 4 N–H and O–H groups in total. The number of nitrogens with one attached hydrogen (secondary N) is 1. The van der Waals surface area contributed by atoms with E-state index >= 15 is 0 Å². The predicted molar refractivity (Wildman–Crippen MR) is 133 cm³/mol. The molecule has 1 aromatic carbocycles. The van der Waals surface area contributed by atoms with Crippen LogP contribution in [0.2, 0.25) is 0 Å². The number of hydrogen-bond acceptors (Lipinski definition) is 7. The lowest BCUT2D eigenvalue weighted by Crippen LogP contribution is -2.46. The van der Waals surface area contributed by atoms with Crippen LogP contribution in [0.25, 0.3) is 0 Å². The van der Waals surface area contributed by atoms with Crippen LogP contribution in [0.1, 0.15) is 16.8 Å². The summed E-state index contributed by atoms with van der Waals surface area (Å²) in [4.78, 5) is 8.86. The zero-order chi connectivity index (χ0) is 23.5. The number of aromatic hydroxyl groups is 1. The molecule has 1 aromatic heterocycles. The summed E-state index contributed by atoms with van der Waals surface area (Å²) in [5.41, 5.74) is 9.21. The second-order valence-electron chi connectivity index (χ2n) is 8.03. The molecule has 1 aliphatic rings. The minimum Gasteiger partial charge on any atom is -0.504 e. The van der Waals surface area contributed by atoms with Gasteiger partial charge in [-0.15, -0.1) is 0 Å². The van der Waals surface area contributed by atoms with Gasteiger partial charge in [0.2, 0.25) is 0 Å². The summed E-state index contributed by atoms with van der Waals surface area (Å²) in [5, 5.41) is 14.2. The summed E-state index contributed by atoms with van der Waals surface area (Å²) in [6, 6.07) is 9.92. The molecule has 0 spiro atoms. The first-order chi connectivity index (χ1) is 16.1. The number of nitrogens with two attached hydrogens (primary N) is 1. The highest BCUT2D eigenvalue weighted by Crippen LogP contribution is 2.32. The van der Waals surface area contributed by atoms with Gasteiger partial charge in [-0.3, -0.25) is 9.88 Å². The van der Waals surface area contributed by atoms with E-state index in [1.165, 1.54) is 0 Å². The van der Waals surface area contributed by atoms with E-state index in [0.29, 0.717) is 18.8 Å². The third kappa shape index (κ3) is 7.37. The van der Waals surface area contributed by atoms with Crippen LogP contribution in [0.4, 0.5) is 0 Å². The molecule has 1 aliphatic heterocycles. The molecule has 0 saturated carbocycles. The van der Waals surface area contributed by atoms with Crippen molar-refractivity contribution in [2.45, 2.75) is 19.5 Å². The fraction of sp³-hybridized carbons (Fsp3) is 0.346. The predicted octanol–water partition coefficient (Wildman–Crippen LogP) is 2.79. The summed E-state index contributed by atoms with van der Waals surface area (Å²) < 4.78 is 5.43. The topological polar surface area (TPSA) is 86.9 Å². The van der Waals surface area contributed by atoms with E-state index in [-0.39, 0.29) is 5.75 Å². The number of methoxy groups -OCH3 is 1. The lowest BCUT2D eigenvalue weighted by atomic mass is 10.1. The van der Waals surface area contributed by atoms with E-state index in [1.54, 1.807) is 13.2 Å². The standard InChI is InChI=1S/C26H35N5O2/c1-3-4-5-9-25(27)31-15-13-30(14-16-31)20-22-17-21(18-24(33-2)26(22)32)19-28-12-10-23-8-6-7-11-29-23/h3-9,11,17-18,28,32H,1,10,12-16,19-20,27H2,2H3/b5-4-,25-9+. The Bertz CT molecular complexity index is 951. The Balaban J connectivity index is 1.56. The van der Waals surface area contributed by atoms with Crippen molar-refractivity contribution in [3.05, 3.63) is 90.1 Å². The minimum absolute atomic E-state index is 0.214. The molecule has 3 rings (SSSR count). The highest BCUT2D eigenvalue weighted by molar-refractivity contribution is 5.48. The Labute approximate surface area is 196 Å². The van der Waals surface area contributed by atoms with Crippen LogP contribution in [0.3, 0.4) is 0 Å². The molecule has 0 radical (unpaired) electrons. The second kappa shape index (κ2) is 12.7. The summed E-state index contributed by atoms with van der Waals surface area (Å²) in [6.07, 6.45) is 10.1. The van der Waals surface area contributed by atoms with Crippen LogP contribution >= 0.6 is 0 Å². The Hall–Kier alpha value is -3.29. The number of phenolic OH excluding ortho intramolecular Hbond substituents is 1. The van der Waals surface area contributed by atoms with Gasteiger partial charge in [0.15, 0.2) is 11.5 Å². The van der Waals surface area contributed by atoms with Gasteiger partial charge in [-0.1, -0.05) is 30.9 Å². The average Bonchev–Trinajstić information content (AvgIpc) is 2.84. The van der Waals surface area contributed by atoms with Crippen molar-refractivity contribution in [1.82, 2.24) is 20.1 Å². The van der Waals surface area contributed by atoms with Gasteiger partial charge in [0.25, 0.3) is 0 Å². The lowest BCUT2D eigenvalue weighted by Gasteiger charge is -2.36. The fourth-order valence-electron chi connectivity index (χ4n) is 3.85. The highest BCUT2D eigenvalue weighted by atomic mass is 16.5. The number of phenols is 1. The third-order valence-electron chi connectivity index (χ3n) is 5.69. The normalized spacial score (nSPS) is 15.2. The van der Waals surface area contributed by atoms with E-state index in [1.807, 2.05) is 48.7 Å². The van der Waals surface area contributed by atoms with Crippen molar-refractivity contribution in [1.29, 1.82) is 0 Å². The van der Waals surface area contributed by atoms with Crippen molar-refractivity contribution >= 4 is 0 Å². The SMILES string of the molecule is C=C/C=C\C=C(/N)N1CCN(Cc2cc(CNCCc3ccccn3)cc(OC)c2O)CC1. The molecule has 0 amide bonds. The average molecular weight is 450 g/mol. The summed E-state index contributed by atoms with van der Waals surface area (Å²) in [5.74, 6) is 1.48. The minimum atomic E-state index is 0.214. The number of aromatic nitrogens is 1. The Kier molecular flexibility index (Phi) is 9.35. The first-order valence-corrected chi connectivity index (χ1v) is 11.3. The van der Waals surface area contributed by atoms with Gasteiger partial charge in [-0.05, 0) is 35.9 Å². The van der Waals surface area contributed by atoms with Gasteiger partial charge >= 0.3 is 0 Å². The lowest BCUT2D eigenvalue weighted by molar-refractivity contribution is 0.150. The van der Waals surface area contributed by atoms with Crippen molar-refractivity contribution in [3.63, 3.8) is 0 Å². The number of allylic oxidation sites excluding steroid dienone is 4. The zero-order valence-corrected chi connectivity index (χ0v) is 19.4. The van der Waals surface area contributed by atoms with E-state index < -0.39 is 0 Å². The molecule has 176 valence electrons. The molecular formula is C26H35N5O2. The van der Waals surface area contributed by atoms with Gasteiger partial charge in [0.05, 0.1) is 12.9 Å². The van der Waals surface area contributed by atoms with Gasteiger partial charge in [0, 0.05) is 69.7 Å². The van der Waals surface area contributed by atoms with Crippen molar-refractivity contribution in [2.75, 3.05) is 39.8 Å². The molecule has 0 bridgehead atoms. The number of hydrogen-bond donors (Lipinski definition) is 3. The molecule has 1 fully saturated rings. The summed E-state index contributed by atoms with van der Waals surface area (Å²) in [6.45, 7) is 9.28. The maximum absolute atomic E-state index is 10.7. The monoisotopic (exact) mass is 449 g/mol. The molecule has 2 heterocycles. The van der Waals surface area contributed by atoms with E-state index in [9.17, 15) is 5.11 Å². The molecule has 1 saturated heterocycles. The zero-order valence-electron chi connectivity index (χ0n) is 19.4. The van der Waals surface area contributed by atoms with Crippen molar-refractivity contribution < 1.29 is 9.84 Å². The molecule has 2 aromatic rings. The number of benzene rings is 1. The largest absolute Gasteiger partial charge is 0.504 e. The maximum Gasteiger partial charge on any atom is 0.162 e. The number of nitrogens with zero attached hydrogens (tertiary/aromatic N) is 3. The first-order valence-electron chi connectivity index (χ1n) is 11.3. The van der Waals surface area contributed by atoms with E-state index in [2.05, 4.69) is 32.7 Å². The summed E-state index contributed by atoms with van der Waals surface area (Å²) in [7, 11) is 1.59. The third-order valence-corrected chi connectivity index (χ3v) is 5.69. The molecule has 33 heavy (non-hydrogen) atoms. The smallest absolute Gasteiger partial charge is 0.162 e. The van der Waals surface area contributed by atoms with Crippen LogP contribution < -0.4 is 15.8 Å². The van der Waals surface area contributed by atoms with Gasteiger partial charge in [-0.25, -0.2) is 0 Å². The molecule has 0 aliphatic carbocycles. The molecule has 7 heteroatoms. The van der Waals surface area contributed by atoms with Crippen LogP contribution in [0, 0.1) is 0 Å². The Morgan fingerprint density at radius 3 is 2.76 bits per heavy atom. The van der Waals surface area contributed by atoms with Crippen LogP contribution in [0.5, 0.6) is 11.5 Å². The molecule has 0 unspecified atom stereocenters. The molecular weight excluding hydrogens is 414 g/mol. The van der Waals surface area contributed by atoms with E-state index in [0.717, 1.165) is 61.8 Å². The first kappa shape index (κ1) is 24.4. The van der Waals surface area contributed by atoms with Crippen molar-refractivity contribution in [2.24, 2.45) is 5.73 Å². The van der Waals surface area contributed by atoms with E-state index in [4.69, 9.17) is 10.5 Å². The second-order valence-corrected chi connectivity index (χ2v) is 8.03. The van der Waals surface area contributed by atoms with Crippen LogP contribution in [-0.4, -0.2) is 59.7 Å². The number of rotatable bonds is 11. The highest BCUT2D eigenvalue weighted by Gasteiger charge is 2.20. The van der Waals surface area contributed by atoms with Crippen molar-refractivity contribution in [3.8, 4) is 11.5 Å². The molecule has 0 atom stereocenters. The number of piperazine rings is 1. The fourth-order valence-corrected chi connectivity index (χ4v) is 3.85.